The van der Waals surface area contributed by atoms with Crippen molar-refractivity contribution in [3.8, 4) is 0 Å². The lowest BCUT2D eigenvalue weighted by molar-refractivity contribution is 0.174. The standard InChI is InChI=1S/C13H17ClN2/c14-10-2-1-9-8-13(3-5-16-6-4-13)12(15)11(9)7-10/h1-2,7,12,16H,3-6,8,15H2. The van der Waals surface area contributed by atoms with Gasteiger partial charge in [-0.1, -0.05) is 17.7 Å². The van der Waals surface area contributed by atoms with E-state index in [0.29, 0.717) is 0 Å². The largest absolute Gasteiger partial charge is 0.323 e. The van der Waals surface area contributed by atoms with Crippen LogP contribution in [0.15, 0.2) is 18.2 Å². The number of fused-ring (bicyclic) bond motifs is 1. The summed E-state index contributed by atoms with van der Waals surface area (Å²) in [6, 6.07) is 6.35. The van der Waals surface area contributed by atoms with Gasteiger partial charge in [-0.05, 0) is 61.0 Å². The molecule has 1 heterocycles. The lowest BCUT2D eigenvalue weighted by Crippen LogP contribution is -2.42. The maximum atomic E-state index is 6.44. The van der Waals surface area contributed by atoms with Gasteiger partial charge in [0.2, 0.25) is 0 Å². The number of piperidine rings is 1. The first-order valence-electron chi connectivity index (χ1n) is 5.96. The molecule has 1 spiro atoms. The maximum Gasteiger partial charge on any atom is 0.0409 e. The maximum absolute atomic E-state index is 6.44. The van der Waals surface area contributed by atoms with E-state index in [-0.39, 0.29) is 11.5 Å². The van der Waals surface area contributed by atoms with E-state index < -0.39 is 0 Å². The second-order valence-corrected chi connectivity index (χ2v) is 5.55. The second kappa shape index (κ2) is 3.73. The molecule has 16 heavy (non-hydrogen) atoms. The molecule has 1 aromatic rings. The fraction of sp³-hybridized carbons (Fsp3) is 0.538. The first kappa shape index (κ1) is 10.6. The van der Waals surface area contributed by atoms with Crippen LogP contribution >= 0.6 is 11.6 Å². The third kappa shape index (κ3) is 1.48. The summed E-state index contributed by atoms with van der Waals surface area (Å²) in [5.74, 6) is 0. The van der Waals surface area contributed by atoms with E-state index in [1.165, 1.54) is 24.0 Å². The van der Waals surface area contributed by atoms with Gasteiger partial charge in [0.1, 0.15) is 0 Å². The van der Waals surface area contributed by atoms with E-state index in [0.717, 1.165) is 24.5 Å². The van der Waals surface area contributed by atoms with Crippen molar-refractivity contribution >= 4 is 11.6 Å². The molecule has 1 aromatic carbocycles. The van der Waals surface area contributed by atoms with Gasteiger partial charge in [0, 0.05) is 11.1 Å². The number of nitrogens with two attached hydrogens (primary N) is 1. The van der Waals surface area contributed by atoms with Crippen LogP contribution in [0.2, 0.25) is 5.02 Å². The number of rotatable bonds is 0. The Balaban J connectivity index is 1.99. The Morgan fingerprint density at radius 2 is 2.06 bits per heavy atom. The Kier molecular flexibility index (Phi) is 2.46. The zero-order valence-corrected chi connectivity index (χ0v) is 10.1. The van der Waals surface area contributed by atoms with Crippen molar-refractivity contribution in [3.05, 3.63) is 34.3 Å². The normalized spacial score (nSPS) is 27.0. The fourth-order valence-electron chi connectivity index (χ4n) is 3.25. The van der Waals surface area contributed by atoms with E-state index in [9.17, 15) is 0 Å². The predicted molar refractivity (Wildman–Crippen MR) is 66.6 cm³/mol. The molecule has 1 atom stereocenters. The average molecular weight is 237 g/mol. The quantitative estimate of drug-likeness (QED) is 0.725. The summed E-state index contributed by atoms with van der Waals surface area (Å²) >= 11 is 6.05. The van der Waals surface area contributed by atoms with Crippen molar-refractivity contribution in [1.29, 1.82) is 0 Å². The summed E-state index contributed by atoms with van der Waals surface area (Å²) in [4.78, 5) is 0. The summed E-state index contributed by atoms with van der Waals surface area (Å²) in [6.07, 6.45) is 3.49. The van der Waals surface area contributed by atoms with Crippen LogP contribution in [0.3, 0.4) is 0 Å². The molecule has 0 bridgehead atoms. The van der Waals surface area contributed by atoms with Gasteiger partial charge in [-0.25, -0.2) is 0 Å². The van der Waals surface area contributed by atoms with Gasteiger partial charge in [0.05, 0.1) is 0 Å². The van der Waals surface area contributed by atoms with Crippen LogP contribution in [0.25, 0.3) is 0 Å². The molecule has 1 unspecified atom stereocenters. The summed E-state index contributed by atoms with van der Waals surface area (Å²) in [5.41, 5.74) is 9.40. The molecule has 0 radical (unpaired) electrons. The first-order chi connectivity index (χ1) is 7.71. The molecule has 2 aliphatic rings. The molecule has 1 fully saturated rings. The predicted octanol–water partition coefficient (Wildman–Crippen LogP) is 2.27. The van der Waals surface area contributed by atoms with E-state index in [1.54, 1.807) is 0 Å². The van der Waals surface area contributed by atoms with Gasteiger partial charge < -0.3 is 11.1 Å². The molecule has 0 amide bonds. The lowest BCUT2D eigenvalue weighted by atomic mass is 9.73. The molecule has 0 aromatic heterocycles. The monoisotopic (exact) mass is 236 g/mol. The highest BCUT2D eigenvalue weighted by Crippen LogP contribution is 2.50. The Hall–Kier alpha value is -0.570. The molecule has 1 saturated heterocycles. The van der Waals surface area contributed by atoms with Crippen molar-refractivity contribution in [2.75, 3.05) is 13.1 Å². The SMILES string of the molecule is NC1c2cc(Cl)ccc2CC12CCNCC2. The van der Waals surface area contributed by atoms with E-state index >= 15 is 0 Å². The Morgan fingerprint density at radius 1 is 1.31 bits per heavy atom. The lowest BCUT2D eigenvalue weighted by Gasteiger charge is -2.37. The molecule has 0 saturated carbocycles. The highest BCUT2D eigenvalue weighted by atomic mass is 35.5. The van der Waals surface area contributed by atoms with Crippen molar-refractivity contribution in [2.24, 2.45) is 11.1 Å². The van der Waals surface area contributed by atoms with Gasteiger partial charge in [-0.2, -0.15) is 0 Å². The zero-order valence-electron chi connectivity index (χ0n) is 9.30. The Labute approximate surface area is 101 Å². The van der Waals surface area contributed by atoms with Crippen LogP contribution in [-0.4, -0.2) is 13.1 Å². The van der Waals surface area contributed by atoms with Gasteiger partial charge in [-0.3, -0.25) is 0 Å². The Morgan fingerprint density at radius 3 is 2.81 bits per heavy atom. The van der Waals surface area contributed by atoms with Crippen molar-refractivity contribution in [1.82, 2.24) is 5.32 Å². The molecule has 3 N–H and O–H groups in total. The number of nitrogens with one attached hydrogen (secondary N) is 1. The molecular formula is C13H17ClN2. The molecule has 2 nitrogen and oxygen atoms in total. The molecule has 86 valence electrons. The summed E-state index contributed by atoms with van der Waals surface area (Å²) in [5, 5.41) is 4.22. The van der Waals surface area contributed by atoms with Gasteiger partial charge in [0.25, 0.3) is 0 Å². The topological polar surface area (TPSA) is 38.0 Å². The second-order valence-electron chi connectivity index (χ2n) is 5.11. The minimum Gasteiger partial charge on any atom is -0.323 e. The minimum absolute atomic E-state index is 0.170. The van der Waals surface area contributed by atoms with Crippen LogP contribution in [0.5, 0.6) is 0 Å². The molecule has 1 aliphatic heterocycles. The van der Waals surface area contributed by atoms with Gasteiger partial charge in [0.15, 0.2) is 0 Å². The number of halogens is 1. The number of hydrogen-bond donors (Lipinski definition) is 2. The fourth-order valence-corrected chi connectivity index (χ4v) is 3.43. The van der Waals surface area contributed by atoms with Crippen LogP contribution < -0.4 is 11.1 Å². The highest BCUT2D eigenvalue weighted by Gasteiger charge is 2.44. The molecule has 3 rings (SSSR count). The minimum atomic E-state index is 0.170. The summed E-state index contributed by atoms with van der Waals surface area (Å²) < 4.78 is 0. The number of hydrogen-bond acceptors (Lipinski definition) is 2. The van der Waals surface area contributed by atoms with E-state index in [1.807, 2.05) is 6.07 Å². The number of benzene rings is 1. The third-order valence-electron chi connectivity index (χ3n) is 4.24. The van der Waals surface area contributed by atoms with Crippen molar-refractivity contribution in [2.45, 2.75) is 25.3 Å². The van der Waals surface area contributed by atoms with E-state index in [2.05, 4.69) is 17.4 Å². The Bertz CT molecular complexity index is 410. The van der Waals surface area contributed by atoms with Crippen molar-refractivity contribution in [3.63, 3.8) is 0 Å². The average Bonchev–Trinajstić information content (AvgIpc) is 2.55. The van der Waals surface area contributed by atoms with Gasteiger partial charge in [-0.15, -0.1) is 0 Å². The van der Waals surface area contributed by atoms with E-state index in [4.69, 9.17) is 17.3 Å². The first-order valence-corrected chi connectivity index (χ1v) is 6.34. The van der Waals surface area contributed by atoms with Crippen LogP contribution in [0, 0.1) is 5.41 Å². The van der Waals surface area contributed by atoms with Crippen LogP contribution in [0.4, 0.5) is 0 Å². The molecular weight excluding hydrogens is 220 g/mol. The third-order valence-corrected chi connectivity index (χ3v) is 4.48. The van der Waals surface area contributed by atoms with Gasteiger partial charge >= 0.3 is 0 Å². The summed E-state index contributed by atoms with van der Waals surface area (Å²) in [6.45, 7) is 2.19. The van der Waals surface area contributed by atoms with Crippen LogP contribution in [-0.2, 0) is 6.42 Å². The highest BCUT2D eigenvalue weighted by molar-refractivity contribution is 6.30. The summed E-state index contributed by atoms with van der Waals surface area (Å²) in [7, 11) is 0. The molecule has 1 aliphatic carbocycles. The van der Waals surface area contributed by atoms with Crippen molar-refractivity contribution < 1.29 is 0 Å². The zero-order chi connectivity index (χ0) is 11.2. The smallest absolute Gasteiger partial charge is 0.0409 e. The molecule has 3 heteroatoms. The van der Waals surface area contributed by atoms with Crippen LogP contribution in [0.1, 0.15) is 30.0 Å².